The highest BCUT2D eigenvalue weighted by Gasteiger charge is 2.28. The van der Waals surface area contributed by atoms with Crippen molar-refractivity contribution in [3.8, 4) is 0 Å². The SMILES string of the molecule is Cc1cc(N)n(CC(=O)N[C@@H]2CCOC[C@H]2OCCN(C)C)n1. The van der Waals surface area contributed by atoms with E-state index in [0.717, 1.165) is 18.7 Å². The second-order valence-corrected chi connectivity index (χ2v) is 6.12. The lowest BCUT2D eigenvalue weighted by molar-refractivity contribution is -0.127. The molecule has 8 heteroatoms. The summed E-state index contributed by atoms with van der Waals surface area (Å²) < 4.78 is 12.8. The summed E-state index contributed by atoms with van der Waals surface area (Å²) in [7, 11) is 3.99. The van der Waals surface area contributed by atoms with E-state index in [4.69, 9.17) is 15.2 Å². The summed E-state index contributed by atoms with van der Waals surface area (Å²) in [5.74, 6) is 0.372. The molecular weight excluding hydrogens is 298 g/mol. The lowest BCUT2D eigenvalue weighted by atomic mass is 10.1. The largest absolute Gasteiger partial charge is 0.384 e. The third-order valence-corrected chi connectivity index (χ3v) is 3.75. The van der Waals surface area contributed by atoms with Crippen molar-refractivity contribution in [1.82, 2.24) is 20.0 Å². The van der Waals surface area contributed by atoms with Crippen molar-refractivity contribution in [2.24, 2.45) is 0 Å². The Morgan fingerprint density at radius 3 is 3.04 bits per heavy atom. The Morgan fingerprint density at radius 1 is 1.61 bits per heavy atom. The van der Waals surface area contributed by atoms with Crippen LogP contribution >= 0.6 is 0 Å². The third-order valence-electron chi connectivity index (χ3n) is 3.75. The van der Waals surface area contributed by atoms with Gasteiger partial charge in [-0.05, 0) is 27.4 Å². The maximum Gasteiger partial charge on any atom is 0.242 e. The number of amides is 1. The lowest BCUT2D eigenvalue weighted by Crippen LogP contribution is -2.51. The van der Waals surface area contributed by atoms with Crippen LogP contribution in [0.1, 0.15) is 12.1 Å². The zero-order valence-corrected chi connectivity index (χ0v) is 14.1. The molecule has 1 aromatic rings. The van der Waals surface area contributed by atoms with Crippen molar-refractivity contribution >= 4 is 11.7 Å². The van der Waals surface area contributed by atoms with E-state index in [-0.39, 0.29) is 24.6 Å². The third kappa shape index (κ3) is 5.49. The van der Waals surface area contributed by atoms with Gasteiger partial charge in [0.1, 0.15) is 18.5 Å². The van der Waals surface area contributed by atoms with Crippen LogP contribution in [0.3, 0.4) is 0 Å². The van der Waals surface area contributed by atoms with E-state index in [2.05, 4.69) is 15.3 Å². The van der Waals surface area contributed by atoms with Gasteiger partial charge in [0.15, 0.2) is 0 Å². The lowest BCUT2D eigenvalue weighted by Gasteiger charge is -2.32. The molecule has 0 aromatic carbocycles. The number of hydrogen-bond acceptors (Lipinski definition) is 6. The molecule has 1 aliphatic rings. The van der Waals surface area contributed by atoms with Gasteiger partial charge in [0.2, 0.25) is 5.91 Å². The van der Waals surface area contributed by atoms with Crippen molar-refractivity contribution in [1.29, 1.82) is 0 Å². The molecule has 0 unspecified atom stereocenters. The summed E-state index contributed by atoms with van der Waals surface area (Å²) in [6, 6.07) is 1.70. The fourth-order valence-electron chi connectivity index (χ4n) is 2.51. The first-order chi connectivity index (χ1) is 11.0. The number of nitrogens with two attached hydrogens (primary N) is 1. The van der Waals surface area contributed by atoms with Crippen LogP contribution in [0, 0.1) is 6.92 Å². The number of carbonyl (C=O) groups excluding carboxylic acids is 1. The number of carbonyl (C=O) groups is 1. The van der Waals surface area contributed by atoms with Gasteiger partial charge in [0.05, 0.1) is 24.9 Å². The molecular formula is C15H27N5O3. The van der Waals surface area contributed by atoms with E-state index in [0.29, 0.717) is 25.6 Å². The number of rotatable bonds is 7. The molecule has 2 rings (SSSR count). The second-order valence-electron chi connectivity index (χ2n) is 6.12. The number of hydrogen-bond donors (Lipinski definition) is 2. The summed E-state index contributed by atoms with van der Waals surface area (Å²) in [4.78, 5) is 14.3. The normalized spacial score (nSPS) is 21.6. The smallest absolute Gasteiger partial charge is 0.242 e. The van der Waals surface area contributed by atoms with Crippen molar-refractivity contribution in [2.75, 3.05) is 46.2 Å². The van der Waals surface area contributed by atoms with Gasteiger partial charge in [-0.1, -0.05) is 0 Å². The van der Waals surface area contributed by atoms with Gasteiger partial charge < -0.3 is 25.4 Å². The van der Waals surface area contributed by atoms with Crippen molar-refractivity contribution in [2.45, 2.75) is 32.0 Å². The highest BCUT2D eigenvalue weighted by molar-refractivity contribution is 5.76. The first-order valence-corrected chi connectivity index (χ1v) is 7.89. The quantitative estimate of drug-likeness (QED) is 0.710. The highest BCUT2D eigenvalue weighted by Crippen LogP contribution is 2.12. The minimum absolute atomic E-state index is 0.0451. The molecule has 1 saturated heterocycles. The van der Waals surface area contributed by atoms with Crippen molar-refractivity contribution in [3.05, 3.63) is 11.8 Å². The van der Waals surface area contributed by atoms with Crippen LogP contribution in [-0.2, 0) is 20.8 Å². The Bertz CT molecular complexity index is 517. The van der Waals surface area contributed by atoms with Crippen molar-refractivity contribution < 1.29 is 14.3 Å². The highest BCUT2D eigenvalue weighted by atomic mass is 16.5. The average molecular weight is 325 g/mol. The molecule has 8 nitrogen and oxygen atoms in total. The number of aromatic nitrogens is 2. The fraction of sp³-hybridized carbons (Fsp3) is 0.733. The molecule has 1 amide bonds. The van der Waals surface area contributed by atoms with E-state index < -0.39 is 0 Å². The Hall–Kier alpha value is -1.64. The Kier molecular flexibility index (Phi) is 6.37. The predicted molar refractivity (Wildman–Crippen MR) is 87.0 cm³/mol. The molecule has 2 atom stereocenters. The number of aryl methyl sites for hydroxylation is 1. The van der Waals surface area contributed by atoms with Gasteiger partial charge in [0, 0.05) is 19.2 Å². The predicted octanol–water partition coefficient (Wildman–Crippen LogP) is -0.374. The van der Waals surface area contributed by atoms with Gasteiger partial charge in [-0.15, -0.1) is 0 Å². The molecule has 1 fully saturated rings. The Labute approximate surface area is 136 Å². The average Bonchev–Trinajstić information content (AvgIpc) is 2.78. The number of ether oxygens (including phenoxy) is 2. The van der Waals surface area contributed by atoms with Crippen molar-refractivity contribution in [3.63, 3.8) is 0 Å². The van der Waals surface area contributed by atoms with E-state index in [9.17, 15) is 4.79 Å². The minimum atomic E-state index is -0.121. The fourth-order valence-corrected chi connectivity index (χ4v) is 2.51. The maximum atomic E-state index is 12.2. The van der Waals surface area contributed by atoms with E-state index in [1.165, 1.54) is 4.68 Å². The zero-order valence-electron chi connectivity index (χ0n) is 14.1. The van der Waals surface area contributed by atoms with Gasteiger partial charge in [0.25, 0.3) is 0 Å². The standard InChI is InChI=1S/C15H27N5O3/c1-11-8-14(16)20(18-11)9-15(21)17-12-4-6-22-10-13(12)23-7-5-19(2)3/h8,12-13H,4-7,9-10,16H2,1-3H3,(H,17,21)/t12-,13-/m1/s1. The Morgan fingerprint density at radius 2 is 2.39 bits per heavy atom. The topological polar surface area (TPSA) is 94.6 Å². The number of nitrogens with one attached hydrogen (secondary N) is 1. The summed E-state index contributed by atoms with van der Waals surface area (Å²) >= 11 is 0. The van der Waals surface area contributed by atoms with Crippen LogP contribution < -0.4 is 11.1 Å². The van der Waals surface area contributed by atoms with E-state index in [1.54, 1.807) is 6.07 Å². The number of anilines is 1. The monoisotopic (exact) mass is 325 g/mol. The molecule has 0 bridgehead atoms. The molecule has 0 aliphatic carbocycles. The van der Waals surface area contributed by atoms with E-state index >= 15 is 0 Å². The van der Waals surface area contributed by atoms with Gasteiger partial charge in [-0.2, -0.15) is 5.10 Å². The van der Waals surface area contributed by atoms with Gasteiger partial charge in [-0.25, -0.2) is 4.68 Å². The molecule has 23 heavy (non-hydrogen) atoms. The second kappa shape index (κ2) is 8.28. The molecule has 0 radical (unpaired) electrons. The van der Waals surface area contributed by atoms with Crippen LogP contribution in [0.4, 0.5) is 5.82 Å². The van der Waals surface area contributed by atoms with Gasteiger partial charge in [-0.3, -0.25) is 4.79 Å². The first-order valence-electron chi connectivity index (χ1n) is 7.89. The van der Waals surface area contributed by atoms with Crippen LogP contribution in [0.15, 0.2) is 6.07 Å². The van der Waals surface area contributed by atoms with Crippen LogP contribution in [-0.4, -0.2) is 73.2 Å². The minimum Gasteiger partial charge on any atom is -0.384 e. The Balaban J connectivity index is 1.85. The molecule has 0 saturated carbocycles. The van der Waals surface area contributed by atoms with Crippen LogP contribution in [0.25, 0.3) is 0 Å². The number of nitrogens with zero attached hydrogens (tertiary/aromatic N) is 3. The summed E-state index contributed by atoms with van der Waals surface area (Å²) in [6.45, 7) is 4.53. The summed E-state index contributed by atoms with van der Waals surface area (Å²) in [5, 5.41) is 7.22. The summed E-state index contributed by atoms with van der Waals surface area (Å²) in [6.07, 6.45) is 0.621. The molecule has 1 aliphatic heterocycles. The molecule has 3 N–H and O–H groups in total. The molecule has 2 heterocycles. The first kappa shape index (κ1) is 17.7. The van der Waals surface area contributed by atoms with Crippen LogP contribution in [0.5, 0.6) is 0 Å². The van der Waals surface area contributed by atoms with Crippen LogP contribution in [0.2, 0.25) is 0 Å². The number of likely N-dealkylation sites (N-methyl/N-ethyl adjacent to an activating group) is 1. The molecule has 0 spiro atoms. The summed E-state index contributed by atoms with van der Waals surface area (Å²) in [5.41, 5.74) is 6.61. The number of nitrogen functional groups attached to an aromatic ring is 1. The van der Waals surface area contributed by atoms with E-state index in [1.807, 2.05) is 21.0 Å². The molecule has 1 aromatic heterocycles. The molecule has 130 valence electrons. The zero-order chi connectivity index (χ0) is 16.8. The van der Waals surface area contributed by atoms with Gasteiger partial charge >= 0.3 is 0 Å². The maximum absolute atomic E-state index is 12.2.